The average molecular weight is 439 g/mol. The van der Waals surface area contributed by atoms with E-state index in [9.17, 15) is 9.18 Å². The Kier molecular flexibility index (Phi) is 8.06. The number of carbonyl (C=O) groups is 1. The third-order valence-corrected chi connectivity index (χ3v) is 5.79. The summed E-state index contributed by atoms with van der Waals surface area (Å²) in [5, 5.41) is 3.41. The lowest BCUT2D eigenvalue weighted by atomic mass is 10.0. The maximum Gasteiger partial charge on any atom is 0.165 e. The Morgan fingerprint density at radius 2 is 2.06 bits per heavy atom. The second-order valence-corrected chi connectivity index (χ2v) is 7.92. The van der Waals surface area contributed by atoms with Gasteiger partial charge in [-0.2, -0.15) is 0 Å². The van der Waals surface area contributed by atoms with E-state index in [1.165, 1.54) is 13.2 Å². The van der Waals surface area contributed by atoms with Crippen LogP contribution >= 0.6 is 0 Å². The van der Waals surface area contributed by atoms with Crippen LogP contribution in [-0.2, 0) is 4.79 Å². The number of methoxy groups -OCH3 is 1. The minimum absolute atomic E-state index is 0.0226. The standard InChI is InChI=1S/C26H31FN2O3/c1-5-14-32-25-11-7-20(18(2)19(25)3)6-9-23(30)15-21-17-29(13-12-28-21)22-8-10-24(27)26(16-22)31-4/h5-11,16,21,28H,1,12-15,17H2,2-4H3/b9-6+/t21-/m0/s1. The van der Waals surface area contributed by atoms with Crippen molar-refractivity contribution < 1.29 is 18.7 Å². The predicted molar refractivity (Wildman–Crippen MR) is 127 cm³/mol. The molecule has 0 saturated carbocycles. The van der Waals surface area contributed by atoms with Gasteiger partial charge in [0, 0.05) is 43.9 Å². The largest absolute Gasteiger partial charge is 0.494 e. The predicted octanol–water partition coefficient (Wildman–Crippen LogP) is 4.47. The molecule has 2 aromatic carbocycles. The van der Waals surface area contributed by atoms with Crippen LogP contribution in [-0.4, -0.2) is 45.2 Å². The van der Waals surface area contributed by atoms with Gasteiger partial charge in [0.25, 0.3) is 0 Å². The first-order chi connectivity index (χ1) is 15.4. The molecule has 0 aromatic heterocycles. The maximum absolute atomic E-state index is 13.7. The molecule has 5 nitrogen and oxygen atoms in total. The minimum Gasteiger partial charge on any atom is -0.494 e. The van der Waals surface area contributed by atoms with Gasteiger partial charge in [0.15, 0.2) is 17.3 Å². The van der Waals surface area contributed by atoms with Crippen molar-refractivity contribution in [2.75, 3.05) is 38.3 Å². The van der Waals surface area contributed by atoms with Crippen LogP contribution in [0.4, 0.5) is 10.1 Å². The number of hydrogen-bond donors (Lipinski definition) is 1. The number of halogens is 1. The van der Waals surface area contributed by atoms with Gasteiger partial charge >= 0.3 is 0 Å². The van der Waals surface area contributed by atoms with Crippen molar-refractivity contribution in [3.05, 3.63) is 71.6 Å². The van der Waals surface area contributed by atoms with Crippen LogP contribution in [0.2, 0.25) is 0 Å². The number of rotatable bonds is 9. The Bertz CT molecular complexity index is 1000. The highest BCUT2D eigenvalue weighted by Crippen LogP contribution is 2.26. The van der Waals surface area contributed by atoms with Gasteiger partial charge in [-0.25, -0.2) is 4.39 Å². The third-order valence-electron chi connectivity index (χ3n) is 5.79. The molecule has 0 amide bonds. The molecular formula is C26H31FN2O3. The highest BCUT2D eigenvalue weighted by molar-refractivity contribution is 5.94. The van der Waals surface area contributed by atoms with Gasteiger partial charge in [-0.15, -0.1) is 0 Å². The fourth-order valence-electron chi connectivity index (χ4n) is 3.84. The summed E-state index contributed by atoms with van der Waals surface area (Å²) in [6.07, 6.45) is 5.62. The summed E-state index contributed by atoms with van der Waals surface area (Å²) in [5.41, 5.74) is 4.03. The number of piperazine rings is 1. The molecule has 1 aliphatic heterocycles. The summed E-state index contributed by atoms with van der Waals surface area (Å²) in [6, 6.07) is 8.77. The van der Waals surface area contributed by atoms with Crippen molar-refractivity contribution in [3.63, 3.8) is 0 Å². The quantitative estimate of drug-likeness (QED) is 0.463. The zero-order valence-corrected chi connectivity index (χ0v) is 19.0. The highest BCUT2D eigenvalue weighted by atomic mass is 19.1. The maximum atomic E-state index is 13.7. The summed E-state index contributed by atoms with van der Waals surface area (Å²) in [5.74, 6) is 0.733. The van der Waals surface area contributed by atoms with Gasteiger partial charge in [0.2, 0.25) is 0 Å². The lowest BCUT2D eigenvalue weighted by Crippen LogP contribution is -2.51. The van der Waals surface area contributed by atoms with Gasteiger partial charge in [-0.05, 0) is 54.8 Å². The Balaban J connectivity index is 1.61. The van der Waals surface area contributed by atoms with E-state index >= 15 is 0 Å². The first kappa shape index (κ1) is 23.5. The number of allylic oxidation sites excluding steroid dienone is 1. The number of nitrogens with zero attached hydrogens (tertiary/aromatic N) is 1. The Labute approximate surface area is 189 Å². The summed E-state index contributed by atoms with van der Waals surface area (Å²) < 4.78 is 24.5. The molecule has 1 N–H and O–H groups in total. The number of benzene rings is 2. The molecule has 1 saturated heterocycles. The van der Waals surface area contributed by atoms with Gasteiger partial charge in [0.1, 0.15) is 12.4 Å². The summed E-state index contributed by atoms with van der Waals surface area (Å²) >= 11 is 0. The topological polar surface area (TPSA) is 50.8 Å². The van der Waals surface area contributed by atoms with E-state index in [1.54, 1.807) is 24.3 Å². The van der Waals surface area contributed by atoms with E-state index in [0.717, 1.165) is 41.2 Å². The Morgan fingerprint density at radius 3 is 2.81 bits per heavy atom. The smallest absolute Gasteiger partial charge is 0.165 e. The zero-order valence-electron chi connectivity index (χ0n) is 19.0. The molecule has 6 heteroatoms. The molecule has 0 spiro atoms. The van der Waals surface area contributed by atoms with Gasteiger partial charge in [0.05, 0.1) is 7.11 Å². The van der Waals surface area contributed by atoms with E-state index in [0.29, 0.717) is 19.6 Å². The molecule has 3 rings (SSSR count). The molecule has 170 valence electrons. The van der Waals surface area contributed by atoms with E-state index in [-0.39, 0.29) is 23.4 Å². The van der Waals surface area contributed by atoms with Crippen molar-refractivity contribution in [2.45, 2.75) is 26.3 Å². The molecule has 1 atom stereocenters. The van der Waals surface area contributed by atoms with Crippen LogP contribution in [0.25, 0.3) is 6.08 Å². The van der Waals surface area contributed by atoms with Crippen molar-refractivity contribution in [1.29, 1.82) is 0 Å². The number of nitrogens with one attached hydrogen (secondary N) is 1. The van der Waals surface area contributed by atoms with Crippen LogP contribution in [0.3, 0.4) is 0 Å². The number of carbonyl (C=O) groups excluding carboxylic acids is 1. The SMILES string of the molecule is C=CCOc1ccc(/C=C/C(=O)C[C@H]2CN(c3ccc(F)c(OC)c3)CCN2)c(C)c1C. The first-order valence-electron chi connectivity index (χ1n) is 10.8. The molecule has 0 bridgehead atoms. The molecule has 1 aliphatic rings. The van der Waals surface area contributed by atoms with Crippen molar-refractivity contribution in [3.8, 4) is 11.5 Å². The number of ketones is 1. The fourth-order valence-corrected chi connectivity index (χ4v) is 3.84. The lowest BCUT2D eigenvalue weighted by molar-refractivity contribution is -0.115. The normalized spacial score (nSPS) is 16.2. The van der Waals surface area contributed by atoms with Gasteiger partial charge < -0.3 is 19.7 Å². The van der Waals surface area contributed by atoms with Gasteiger partial charge in [-0.3, -0.25) is 4.79 Å². The van der Waals surface area contributed by atoms with Crippen LogP contribution in [0.15, 0.2) is 49.1 Å². The van der Waals surface area contributed by atoms with Gasteiger partial charge in [-0.1, -0.05) is 24.8 Å². The summed E-state index contributed by atoms with van der Waals surface area (Å²) in [7, 11) is 1.46. The molecule has 0 aliphatic carbocycles. The van der Waals surface area contributed by atoms with E-state index in [4.69, 9.17) is 9.47 Å². The van der Waals surface area contributed by atoms with Crippen molar-refractivity contribution >= 4 is 17.5 Å². The van der Waals surface area contributed by atoms with Crippen LogP contribution in [0, 0.1) is 19.7 Å². The van der Waals surface area contributed by atoms with E-state index < -0.39 is 0 Å². The molecular weight excluding hydrogens is 407 g/mol. The molecule has 32 heavy (non-hydrogen) atoms. The average Bonchev–Trinajstić information content (AvgIpc) is 2.80. The van der Waals surface area contributed by atoms with Crippen molar-refractivity contribution in [2.24, 2.45) is 0 Å². The highest BCUT2D eigenvalue weighted by Gasteiger charge is 2.22. The Morgan fingerprint density at radius 1 is 1.25 bits per heavy atom. The zero-order chi connectivity index (χ0) is 23.1. The monoisotopic (exact) mass is 438 g/mol. The number of ether oxygens (including phenoxy) is 2. The summed E-state index contributed by atoms with van der Waals surface area (Å²) in [6.45, 7) is 10.4. The van der Waals surface area contributed by atoms with Crippen LogP contribution < -0.4 is 19.7 Å². The molecule has 2 aromatic rings. The Hall–Kier alpha value is -3.12. The second kappa shape index (κ2) is 11.0. The van der Waals surface area contributed by atoms with Crippen LogP contribution in [0.5, 0.6) is 11.5 Å². The molecule has 1 heterocycles. The first-order valence-corrected chi connectivity index (χ1v) is 10.8. The fraction of sp³-hybridized carbons (Fsp3) is 0.346. The van der Waals surface area contributed by atoms with E-state index in [2.05, 4.69) is 16.8 Å². The molecule has 1 fully saturated rings. The second-order valence-electron chi connectivity index (χ2n) is 7.92. The third kappa shape index (κ3) is 5.77. The van der Waals surface area contributed by atoms with Crippen LogP contribution in [0.1, 0.15) is 23.1 Å². The summed E-state index contributed by atoms with van der Waals surface area (Å²) in [4.78, 5) is 14.8. The van der Waals surface area contributed by atoms with E-state index in [1.807, 2.05) is 32.1 Å². The molecule has 0 unspecified atom stereocenters. The minimum atomic E-state index is -0.380. The van der Waals surface area contributed by atoms with Crippen molar-refractivity contribution in [1.82, 2.24) is 5.32 Å². The lowest BCUT2D eigenvalue weighted by Gasteiger charge is -2.35. The molecule has 0 radical (unpaired) electrons. The number of hydrogen-bond acceptors (Lipinski definition) is 5. The number of anilines is 1.